The lowest BCUT2D eigenvalue weighted by molar-refractivity contribution is 0.0720. The Morgan fingerprint density at radius 2 is 1.80 bits per heavy atom. The van der Waals surface area contributed by atoms with Crippen molar-refractivity contribution in [1.29, 1.82) is 0 Å². The zero-order chi connectivity index (χ0) is 25.1. The number of hydrogen-bond donors (Lipinski definition) is 0. The summed E-state index contributed by atoms with van der Waals surface area (Å²) in [5.41, 5.74) is 2.41. The van der Waals surface area contributed by atoms with Crippen LogP contribution >= 0.6 is 0 Å². The molecule has 4 rings (SSSR count). The summed E-state index contributed by atoms with van der Waals surface area (Å²) in [6.45, 7) is 11.9. The number of fused-ring (bicyclic) bond motifs is 2. The monoisotopic (exact) mass is 478 g/mol. The van der Waals surface area contributed by atoms with Gasteiger partial charge in [-0.15, -0.1) is 0 Å². The molecule has 2 heterocycles. The Bertz CT molecular complexity index is 1280. The molecule has 0 N–H and O–H groups in total. The second-order valence-electron chi connectivity index (χ2n) is 8.80. The van der Waals surface area contributed by atoms with Crippen LogP contribution in [-0.4, -0.2) is 55.6 Å². The highest BCUT2D eigenvalue weighted by Crippen LogP contribution is 2.41. The van der Waals surface area contributed by atoms with Gasteiger partial charge >= 0.3 is 0 Å². The predicted molar refractivity (Wildman–Crippen MR) is 137 cm³/mol. The van der Waals surface area contributed by atoms with Crippen molar-refractivity contribution in [2.24, 2.45) is 0 Å². The fourth-order valence-electron chi connectivity index (χ4n) is 4.84. The number of nitrogens with zero attached hydrogens (tertiary/aromatic N) is 2. The summed E-state index contributed by atoms with van der Waals surface area (Å²) >= 11 is 0. The maximum atomic E-state index is 13.7. The molecule has 0 radical (unpaired) electrons. The summed E-state index contributed by atoms with van der Waals surface area (Å²) in [5, 5.41) is 0.490. The van der Waals surface area contributed by atoms with Crippen molar-refractivity contribution in [2.45, 2.75) is 40.2 Å². The molecule has 7 heteroatoms. The standard InChI is InChI=1S/C28H34N2O5/c1-6-29(7-2)14-9-15-30-25(19-11-13-22(34-8-3)23(17-19)33-5)24-26(31)20-16-18(4)10-12-21(20)35-27(24)28(30)32/h10-13,16-17,25H,6-9,14-15H2,1-5H3. The smallest absolute Gasteiger partial charge is 0.290 e. The minimum atomic E-state index is -0.556. The zero-order valence-electron chi connectivity index (χ0n) is 21.2. The van der Waals surface area contributed by atoms with Crippen molar-refractivity contribution in [3.05, 3.63) is 69.1 Å². The molecule has 1 amide bonds. The van der Waals surface area contributed by atoms with Gasteiger partial charge in [-0.2, -0.15) is 0 Å². The van der Waals surface area contributed by atoms with Crippen LogP contribution in [0.25, 0.3) is 11.0 Å². The molecular formula is C28H34N2O5. The number of rotatable bonds is 10. The second-order valence-corrected chi connectivity index (χ2v) is 8.80. The Labute approximate surface area is 206 Å². The third kappa shape index (κ3) is 4.65. The predicted octanol–water partition coefficient (Wildman–Crippen LogP) is 4.79. The van der Waals surface area contributed by atoms with Gasteiger partial charge in [0, 0.05) is 6.54 Å². The van der Waals surface area contributed by atoms with Crippen molar-refractivity contribution in [1.82, 2.24) is 9.80 Å². The fourth-order valence-corrected chi connectivity index (χ4v) is 4.84. The van der Waals surface area contributed by atoms with Gasteiger partial charge in [-0.1, -0.05) is 31.5 Å². The van der Waals surface area contributed by atoms with Crippen LogP contribution in [0.4, 0.5) is 0 Å². The van der Waals surface area contributed by atoms with E-state index in [-0.39, 0.29) is 17.1 Å². The molecule has 0 aliphatic carbocycles. The van der Waals surface area contributed by atoms with Gasteiger partial charge < -0.3 is 23.7 Å². The van der Waals surface area contributed by atoms with Crippen LogP contribution < -0.4 is 14.9 Å². The van der Waals surface area contributed by atoms with Crippen LogP contribution in [0.2, 0.25) is 0 Å². The van der Waals surface area contributed by atoms with Gasteiger partial charge in [0.25, 0.3) is 5.91 Å². The van der Waals surface area contributed by atoms with Gasteiger partial charge in [0.05, 0.1) is 30.7 Å². The molecule has 2 aromatic carbocycles. The van der Waals surface area contributed by atoms with Gasteiger partial charge in [0.2, 0.25) is 5.76 Å². The number of methoxy groups -OCH3 is 1. The minimum Gasteiger partial charge on any atom is -0.493 e. The first kappa shape index (κ1) is 24.8. The van der Waals surface area contributed by atoms with E-state index in [4.69, 9.17) is 13.9 Å². The highest BCUT2D eigenvalue weighted by Gasteiger charge is 2.42. The molecule has 1 unspecified atom stereocenters. The average Bonchev–Trinajstić information content (AvgIpc) is 3.14. The first-order valence-electron chi connectivity index (χ1n) is 12.3. The Morgan fingerprint density at radius 3 is 2.49 bits per heavy atom. The molecule has 7 nitrogen and oxygen atoms in total. The highest BCUT2D eigenvalue weighted by atomic mass is 16.5. The van der Waals surface area contributed by atoms with Gasteiger partial charge in [-0.05, 0) is 69.7 Å². The number of amides is 1. The molecule has 35 heavy (non-hydrogen) atoms. The molecule has 1 aromatic heterocycles. The third-order valence-electron chi connectivity index (χ3n) is 6.69. The summed E-state index contributed by atoms with van der Waals surface area (Å²) < 4.78 is 17.3. The van der Waals surface area contributed by atoms with E-state index < -0.39 is 6.04 Å². The van der Waals surface area contributed by atoms with E-state index in [0.29, 0.717) is 41.2 Å². The second kappa shape index (κ2) is 10.5. The average molecular weight is 479 g/mol. The molecule has 0 bridgehead atoms. The van der Waals surface area contributed by atoms with E-state index >= 15 is 0 Å². The molecule has 1 aliphatic rings. The van der Waals surface area contributed by atoms with E-state index in [0.717, 1.165) is 37.2 Å². The van der Waals surface area contributed by atoms with E-state index in [1.54, 1.807) is 18.1 Å². The first-order valence-corrected chi connectivity index (χ1v) is 12.3. The van der Waals surface area contributed by atoms with Crippen molar-refractivity contribution in [2.75, 3.05) is 39.9 Å². The number of carbonyl (C=O) groups excluding carboxylic acids is 1. The molecule has 186 valence electrons. The van der Waals surface area contributed by atoms with Crippen LogP contribution in [0.5, 0.6) is 11.5 Å². The van der Waals surface area contributed by atoms with Crippen LogP contribution in [-0.2, 0) is 0 Å². The van der Waals surface area contributed by atoms with E-state index in [1.807, 2.05) is 44.2 Å². The lowest BCUT2D eigenvalue weighted by atomic mass is 9.97. The summed E-state index contributed by atoms with van der Waals surface area (Å²) in [4.78, 5) is 31.4. The maximum absolute atomic E-state index is 13.7. The van der Waals surface area contributed by atoms with Crippen molar-refractivity contribution < 1.29 is 18.7 Å². The fraction of sp³-hybridized carbons (Fsp3) is 0.429. The molecule has 1 atom stereocenters. The van der Waals surface area contributed by atoms with Crippen LogP contribution in [0.1, 0.15) is 60.5 Å². The van der Waals surface area contributed by atoms with Gasteiger partial charge in [-0.3, -0.25) is 9.59 Å². The highest BCUT2D eigenvalue weighted by molar-refractivity contribution is 5.99. The number of carbonyl (C=O) groups is 1. The Kier molecular flexibility index (Phi) is 7.45. The van der Waals surface area contributed by atoms with E-state index in [2.05, 4.69) is 18.7 Å². The van der Waals surface area contributed by atoms with Crippen molar-refractivity contribution in [3.8, 4) is 11.5 Å². The van der Waals surface area contributed by atoms with Crippen LogP contribution in [0, 0.1) is 6.92 Å². The lowest BCUT2D eigenvalue weighted by Crippen LogP contribution is -2.33. The zero-order valence-corrected chi connectivity index (χ0v) is 21.2. The number of aryl methyl sites for hydroxylation is 1. The molecule has 3 aromatic rings. The summed E-state index contributed by atoms with van der Waals surface area (Å²) in [6.07, 6.45) is 0.791. The molecule has 1 aliphatic heterocycles. The lowest BCUT2D eigenvalue weighted by Gasteiger charge is -2.27. The normalized spacial score (nSPS) is 15.2. The van der Waals surface area contributed by atoms with Crippen molar-refractivity contribution in [3.63, 3.8) is 0 Å². The topological polar surface area (TPSA) is 72.2 Å². The SMILES string of the molecule is CCOc1ccc(C2c3c(oc4ccc(C)cc4c3=O)C(=O)N2CCCN(CC)CC)cc1OC. The van der Waals surface area contributed by atoms with Gasteiger partial charge in [-0.25, -0.2) is 0 Å². The van der Waals surface area contributed by atoms with E-state index in [1.165, 1.54) is 0 Å². The summed E-state index contributed by atoms with van der Waals surface area (Å²) in [6, 6.07) is 10.5. The first-order chi connectivity index (χ1) is 16.9. The Morgan fingerprint density at radius 1 is 1.03 bits per heavy atom. The molecular weight excluding hydrogens is 444 g/mol. The number of benzene rings is 2. The summed E-state index contributed by atoms with van der Waals surface area (Å²) in [5.74, 6) is 1.07. The molecule has 0 spiro atoms. The Balaban J connectivity index is 1.83. The van der Waals surface area contributed by atoms with E-state index in [9.17, 15) is 9.59 Å². The van der Waals surface area contributed by atoms with Gasteiger partial charge in [0.1, 0.15) is 5.58 Å². The van der Waals surface area contributed by atoms with Crippen LogP contribution in [0.15, 0.2) is 45.6 Å². The molecule has 0 saturated carbocycles. The molecule has 0 fully saturated rings. The summed E-state index contributed by atoms with van der Waals surface area (Å²) in [7, 11) is 1.59. The largest absolute Gasteiger partial charge is 0.493 e. The maximum Gasteiger partial charge on any atom is 0.290 e. The van der Waals surface area contributed by atoms with Crippen LogP contribution in [0.3, 0.4) is 0 Å². The number of hydrogen-bond acceptors (Lipinski definition) is 6. The Hall–Kier alpha value is -3.32. The third-order valence-corrected chi connectivity index (χ3v) is 6.69. The van der Waals surface area contributed by atoms with Gasteiger partial charge in [0.15, 0.2) is 16.9 Å². The van der Waals surface area contributed by atoms with Crippen molar-refractivity contribution >= 4 is 16.9 Å². The number of ether oxygens (including phenoxy) is 2. The molecule has 0 saturated heterocycles. The quantitative estimate of drug-likeness (QED) is 0.417. The minimum absolute atomic E-state index is 0.132.